The van der Waals surface area contributed by atoms with Crippen LogP contribution in [0.15, 0.2) is 50.8 Å². The van der Waals surface area contributed by atoms with Crippen LogP contribution in [0.1, 0.15) is 0 Å². The fourth-order valence-corrected chi connectivity index (χ4v) is 4.01. The van der Waals surface area contributed by atoms with Crippen LogP contribution in [0.3, 0.4) is 0 Å². The van der Waals surface area contributed by atoms with Crippen LogP contribution in [0.2, 0.25) is 0 Å². The molecule has 0 atom stereocenters. The van der Waals surface area contributed by atoms with E-state index in [4.69, 9.17) is 0 Å². The molecule has 0 saturated heterocycles. The molecule has 0 unspecified atom stereocenters. The molecule has 7 heteroatoms. The van der Waals surface area contributed by atoms with Crippen molar-refractivity contribution < 1.29 is 8.42 Å². The van der Waals surface area contributed by atoms with Gasteiger partial charge in [0, 0.05) is 21.3 Å². The molecule has 0 N–H and O–H groups in total. The molecular weight excluding hydrogens is 360 g/mol. The predicted molar refractivity (Wildman–Crippen MR) is 66.7 cm³/mol. The van der Waals surface area contributed by atoms with Crippen LogP contribution < -0.4 is 0 Å². The first-order valence-corrected chi connectivity index (χ1v) is 7.23. The minimum atomic E-state index is -3.56. The Balaban J connectivity index is 2.61. The number of hydrogen-bond donors (Lipinski definition) is 0. The molecule has 0 radical (unpaired) electrons. The highest BCUT2D eigenvalue weighted by atomic mass is 79.9. The Morgan fingerprint density at radius 3 is 2.56 bits per heavy atom. The van der Waals surface area contributed by atoms with Crippen LogP contribution >= 0.6 is 31.9 Å². The topological polar surface area (TPSA) is 52.0 Å². The molecule has 84 valence electrons. The van der Waals surface area contributed by atoms with Gasteiger partial charge in [-0.3, -0.25) is 0 Å². The maximum atomic E-state index is 12.1. The van der Waals surface area contributed by atoms with E-state index in [0.717, 1.165) is 8.45 Å². The molecule has 0 saturated carbocycles. The lowest BCUT2D eigenvalue weighted by Crippen LogP contribution is -2.11. The Morgan fingerprint density at radius 1 is 1.25 bits per heavy atom. The van der Waals surface area contributed by atoms with E-state index in [1.54, 1.807) is 12.1 Å². The first kappa shape index (κ1) is 11.8. The van der Waals surface area contributed by atoms with Gasteiger partial charge in [-0.25, -0.2) is 17.4 Å². The number of benzene rings is 1. The lowest BCUT2D eigenvalue weighted by molar-refractivity contribution is 0.586. The van der Waals surface area contributed by atoms with Crippen LogP contribution in [-0.2, 0) is 10.0 Å². The van der Waals surface area contributed by atoms with Crippen molar-refractivity contribution in [1.29, 1.82) is 0 Å². The number of halogens is 2. The molecule has 0 aliphatic heterocycles. The summed E-state index contributed by atoms with van der Waals surface area (Å²) in [7, 11) is -3.56. The summed E-state index contributed by atoms with van der Waals surface area (Å²) in [5, 5.41) is 0. The summed E-state index contributed by atoms with van der Waals surface area (Å²) < 4.78 is 26.6. The van der Waals surface area contributed by atoms with Crippen LogP contribution in [0.25, 0.3) is 0 Å². The second-order valence-electron chi connectivity index (χ2n) is 2.97. The predicted octanol–water partition coefficient (Wildman–Crippen LogP) is 2.65. The maximum Gasteiger partial charge on any atom is 0.270 e. The number of rotatable bonds is 2. The fraction of sp³-hybridized carbons (Fsp3) is 0. The van der Waals surface area contributed by atoms with Crippen molar-refractivity contribution in [3.8, 4) is 0 Å². The third kappa shape index (κ3) is 2.07. The van der Waals surface area contributed by atoms with E-state index in [-0.39, 0.29) is 4.90 Å². The second-order valence-corrected chi connectivity index (χ2v) is 6.55. The Labute approximate surface area is 110 Å². The van der Waals surface area contributed by atoms with Gasteiger partial charge in [0.15, 0.2) is 0 Å². The molecule has 0 amide bonds. The molecule has 16 heavy (non-hydrogen) atoms. The molecule has 0 spiro atoms. The summed E-state index contributed by atoms with van der Waals surface area (Å²) >= 11 is 6.49. The smallest absolute Gasteiger partial charge is 0.244 e. The second kappa shape index (κ2) is 4.31. The molecule has 0 fully saturated rings. The normalized spacial score (nSPS) is 11.6. The van der Waals surface area contributed by atoms with E-state index in [9.17, 15) is 8.42 Å². The van der Waals surface area contributed by atoms with Crippen molar-refractivity contribution in [3.63, 3.8) is 0 Å². The summed E-state index contributed by atoms with van der Waals surface area (Å²) in [6.07, 6.45) is 4.07. The molecule has 0 bridgehead atoms. The fourth-order valence-electron chi connectivity index (χ4n) is 1.19. The minimum absolute atomic E-state index is 0.203. The summed E-state index contributed by atoms with van der Waals surface area (Å²) in [5.41, 5.74) is 0. The first-order chi connectivity index (χ1) is 7.51. The highest BCUT2D eigenvalue weighted by molar-refractivity contribution is 9.11. The molecule has 0 aliphatic carbocycles. The average Bonchev–Trinajstić information content (AvgIpc) is 2.69. The SMILES string of the molecule is O=S(=O)(c1ccc(Br)cc1Br)n1ccnc1. The van der Waals surface area contributed by atoms with Gasteiger partial charge in [-0.15, -0.1) is 0 Å². The minimum Gasteiger partial charge on any atom is -0.244 e. The molecule has 1 heterocycles. The van der Waals surface area contributed by atoms with Crippen LogP contribution in [0.4, 0.5) is 0 Å². The highest BCUT2D eigenvalue weighted by Gasteiger charge is 2.19. The molecular formula is C9H6Br2N2O2S. The van der Waals surface area contributed by atoms with Gasteiger partial charge in [0.2, 0.25) is 0 Å². The van der Waals surface area contributed by atoms with Crippen molar-refractivity contribution >= 4 is 41.9 Å². The molecule has 1 aromatic carbocycles. The number of hydrogen-bond acceptors (Lipinski definition) is 3. The zero-order valence-corrected chi connectivity index (χ0v) is 11.8. The monoisotopic (exact) mass is 364 g/mol. The van der Waals surface area contributed by atoms with E-state index in [1.165, 1.54) is 24.8 Å². The third-order valence-electron chi connectivity index (χ3n) is 1.93. The van der Waals surface area contributed by atoms with E-state index in [0.29, 0.717) is 4.47 Å². The zero-order valence-electron chi connectivity index (χ0n) is 7.84. The quantitative estimate of drug-likeness (QED) is 0.822. The Morgan fingerprint density at radius 2 is 2.00 bits per heavy atom. The maximum absolute atomic E-state index is 12.1. The number of aromatic nitrogens is 2. The summed E-state index contributed by atoms with van der Waals surface area (Å²) in [6.45, 7) is 0. The molecule has 0 aliphatic rings. The molecule has 2 rings (SSSR count). The van der Waals surface area contributed by atoms with E-state index in [2.05, 4.69) is 36.8 Å². The summed E-state index contributed by atoms with van der Waals surface area (Å²) in [6, 6.07) is 4.89. The van der Waals surface area contributed by atoms with Gasteiger partial charge in [0.05, 0.1) is 0 Å². The molecule has 2 aromatic rings. The van der Waals surface area contributed by atoms with Crippen molar-refractivity contribution in [3.05, 3.63) is 45.9 Å². The summed E-state index contributed by atoms with van der Waals surface area (Å²) in [5.74, 6) is 0. The lowest BCUT2D eigenvalue weighted by atomic mass is 10.4. The van der Waals surface area contributed by atoms with Crippen molar-refractivity contribution in [2.75, 3.05) is 0 Å². The van der Waals surface area contributed by atoms with Crippen molar-refractivity contribution in [1.82, 2.24) is 8.96 Å². The van der Waals surface area contributed by atoms with Gasteiger partial charge in [-0.1, -0.05) is 15.9 Å². The lowest BCUT2D eigenvalue weighted by Gasteiger charge is -2.07. The van der Waals surface area contributed by atoms with Crippen molar-refractivity contribution in [2.45, 2.75) is 4.90 Å². The molecule has 4 nitrogen and oxygen atoms in total. The van der Waals surface area contributed by atoms with Crippen molar-refractivity contribution in [2.24, 2.45) is 0 Å². The Hall–Kier alpha value is -0.660. The van der Waals surface area contributed by atoms with E-state index < -0.39 is 10.0 Å². The first-order valence-electron chi connectivity index (χ1n) is 4.20. The van der Waals surface area contributed by atoms with Crippen LogP contribution in [0.5, 0.6) is 0 Å². The number of nitrogens with zero attached hydrogens (tertiary/aromatic N) is 2. The van der Waals surface area contributed by atoms with Gasteiger partial charge >= 0.3 is 0 Å². The van der Waals surface area contributed by atoms with Gasteiger partial charge in [0.25, 0.3) is 10.0 Å². The average molecular weight is 366 g/mol. The van der Waals surface area contributed by atoms with Gasteiger partial charge < -0.3 is 0 Å². The largest absolute Gasteiger partial charge is 0.270 e. The zero-order chi connectivity index (χ0) is 11.8. The number of imidazole rings is 1. The van der Waals surface area contributed by atoms with Crippen LogP contribution in [-0.4, -0.2) is 17.4 Å². The Kier molecular flexibility index (Phi) is 3.18. The van der Waals surface area contributed by atoms with E-state index >= 15 is 0 Å². The third-order valence-corrected chi connectivity index (χ3v) is 5.02. The highest BCUT2D eigenvalue weighted by Crippen LogP contribution is 2.26. The molecule has 1 aromatic heterocycles. The van der Waals surface area contributed by atoms with Gasteiger partial charge in [0.1, 0.15) is 11.2 Å². The standard InChI is InChI=1S/C9H6Br2N2O2S/c10-7-1-2-9(8(11)5-7)16(14,15)13-4-3-12-6-13/h1-6H. The Bertz CT molecular complexity index is 608. The van der Waals surface area contributed by atoms with Crippen LogP contribution in [0, 0.1) is 0 Å². The van der Waals surface area contributed by atoms with Gasteiger partial charge in [-0.05, 0) is 34.1 Å². The van der Waals surface area contributed by atoms with E-state index in [1.807, 2.05) is 0 Å². The summed E-state index contributed by atoms with van der Waals surface area (Å²) in [4.78, 5) is 3.92. The van der Waals surface area contributed by atoms with Gasteiger partial charge in [-0.2, -0.15) is 0 Å².